The predicted molar refractivity (Wildman–Crippen MR) is 252 cm³/mol. The lowest BCUT2D eigenvalue weighted by Gasteiger charge is -2.30. The minimum atomic E-state index is -0.405. The zero-order chi connectivity index (χ0) is 40.8. The number of rotatable bonds is 5. The Balaban J connectivity index is 0.954. The van der Waals surface area contributed by atoms with Gasteiger partial charge in [-0.25, -0.2) is 15.0 Å². The van der Waals surface area contributed by atoms with Crippen molar-refractivity contribution in [3.05, 3.63) is 241 Å². The normalized spacial score (nSPS) is 13.0. The molecule has 2 aliphatic carbocycles. The molecule has 9 aromatic carbocycles. The first-order valence-electron chi connectivity index (χ1n) is 21.2. The molecule has 288 valence electrons. The summed E-state index contributed by atoms with van der Waals surface area (Å²) in [5.74, 6) is 1.89. The summed E-state index contributed by atoms with van der Waals surface area (Å²) in [4.78, 5) is 15.5. The Kier molecular flexibility index (Phi) is 7.49. The first-order valence-corrected chi connectivity index (χ1v) is 21.2. The van der Waals surface area contributed by atoms with E-state index in [1.807, 2.05) is 18.2 Å². The molecule has 0 unspecified atom stereocenters. The fourth-order valence-corrected chi connectivity index (χ4v) is 10.5. The molecule has 62 heavy (non-hydrogen) atoms. The first kappa shape index (κ1) is 34.6. The van der Waals surface area contributed by atoms with E-state index in [4.69, 9.17) is 15.0 Å². The van der Waals surface area contributed by atoms with E-state index in [0.29, 0.717) is 17.5 Å². The lowest BCUT2D eigenvalue weighted by molar-refractivity contribution is 0.794. The van der Waals surface area contributed by atoms with Gasteiger partial charge in [-0.1, -0.05) is 176 Å². The molecular weight excluding hydrogens is 753 g/mol. The summed E-state index contributed by atoms with van der Waals surface area (Å²) >= 11 is 0. The SMILES string of the molecule is c1ccc(-c2nc(-c3ccc(-n4c5ccccc5c5ccccc54)cc3)nc(-c3cccc(-c4cccc5c4-c4ccccc4C54c5ccccc5-c5ccccc54)c3)n2)cc1. The Morgan fingerprint density at radius 3 is 1.39 bits per heavy atom. The smallest absolute Gasteiger partial charge is 0.164 e. The van der Waals surface area contributed by atoms with E-state index in [2.05, 4.69) is 205 Å². The Morgan fingerprint density at radius 2 is 0.742 bits per heavy atom. The number of hydrogen-bond donors (Lipinski definition) is 0. The molecule has 2 aromatic heterocycles. The highest BCUT2D eigenvalue weighted by Crippen LogP contribution is 2.64. The molecule has 0 radical (unpaired) electrons. The van der Waals surface area contributed by atoms with Gasteiger partial charge in [-0.05, 0) is 98.1 Å². The molecule has 0 aliphatic heterocycles. The minimum absolute atomic E-state index is 0.405. The average molecular weight is 789 g/mol. The third-order valence-corrected chi connectivity index (χ3v) is 13.1. The van der Waals surface area contributed by atoms with Crippen molar-refractivity contribution in [2.75, 3.05) is 0 Å². The third kappa shape index (κ3) is 4.92. The van der Waals surface area contributed by atoms with E-state index < -0.39 is 5.41 Å². The van der Waals surface area contributed by atoms with Crippen LogP contribution in [-0.2, 0) is 5.41 Å². The van der Waals surface area contributed by atoms with Gasteiger partial charge in [-0.2, -0.15) is 0 Å². The van der Waals surface area contributed by atoms with Crippen LogP contribution in [0.4, 0.5) is 0 Å². The maximum Gasteiger partial charge on any atom is 0.164 e. The summed E-state index contributed by atoms with van der Waals surface area (Å²) in [6, 6.07) is 78.5. The van der Waals surface area contributed by atoms with Gasteiger partial charge in [0.15, 0.2) is 17.5 Å². The molecule has 13 rings (SSSR count). The standard InChI is InChI=1S/C58H36N4/c1-2-16-37(17-3-1)55-59-56(38-32-34-41(35-33-38)62-52-30-12-7-22-45(52)46-23-8-13-31-53(46)62)61-57(60-55)40-19-14-18-39(36-40)42-25-15-29-51-54(42)47-24-6-11-28-50(47)58(51)48-26-9-4-20-43(48)44-21-5-10-27-49(44)58/h1-36H. The van der Waals surface area contributed by atoms with Crippen LogP contribution in [0.2, 0.25) is 0 Å². The van der Waals surface area contributed by atoms with Crippen LogP contribution in [-0.4, -0.2) is 19.5 Å². The van der Waals surface area contributed by atoms with E-state index >= 15 is 0 Å². The zero-order valence-corrected chi connectivity index (χ0v) is 33.6. The Bertz CT molecular complexity index is 3480. The molecular formula is C58H36N4. The van der Waals surface area contributed by atoms with Gasteiger partial charge in [0, 0.05) is 33.2 Å². The summed E-state index contributed by atoms with van der Waals surface area (Å²) in [6.07, 6.45) is 0. The highest BCUT2D eigenvalue weighted by molar-refractivity contribution is 6.09. The van der Waals surface area contributed by atoms with Crippen LogP contribution in [0, 0.1) is 0 Å². The van der Waals surface area contributed by atoms with E-state index in [-0.39, 0.29) is 0 Å². The average Bonchev–Trinajstić information content (AvgIpc) is 3.96. The highest BCUT2D eigenvalue weighted by atomic mass is 15.0. The molecule has 0 amide bonds. The molecule has 4 nitrogen and oxygen atoms in total. The van der Waals surface area contributed by atoms with Crippen molar-refractivity contribution in [3.8, 4) is 73.2 Å². The number of aromatic nitrogens is 4. The van der Waals surface area contributed by atoms with Gasteiger partial charge in [0.1, 0.15) is 0 Å². The third-order valence-electron chi connectivity index (χ3n) is 13.1. The van der Waals surface area contributed by atoms with Gasteiger partial charge < -0.3 is 4.57 Å². The second-order valence-electron chi connectivity index (χ2n) is 16.3. The molecule has 0 fully saturated rings. The second-order valence-corrected chi connectivity index (χ2v) is 16.3. The number of hydrogen-bond acceptors (Lipinski definition) is 3. The fourth-order valence-electron chi connectivity index (χ4n) is 10.5. The van der Waals surface area contributed by atoms with Crippen molar-refractivity contribution in [1.82, 2.24) is 19.5 Å². The summed E-state index contributed by atoms with van der Waals surface area (Å²) in [7, 11) is 0. The van der Waals surface area contributed by atoms with E-state index in [0.717, 1.165) is 27.9 Å². The predicted octanol–water partition coefficient (Wildman–Crippen LogP) is 14.0. The van der Waals surface area contributed by atoms with E-state index in [1.165, 1.54) is 71.9 Å². The van der Waals surface area contributed by atoms with Crippen molar-refractivity contribution >= 4 is 21.8 Å². The monoisotopic (exact) mass is 788 g/mol. The molecule has 0 bridgehead atoms. The number of para-hydroxylation sites is 2. The van der Waals surface area contributed by atoms with Crippen LogP contribution in [0.1, 0.15) is 22.3 Å². The Hall–Kier alpha value is -8.21. The fraction of sp³-hybridized carbons (Fsp3) is 0.0172. The summed E-state index contributed by atoms with van der Waals surface area (Å²) in [5, 5.41) is 2.48. The summed E-state index contributed by atoms with van der Waals surface area (Å²) in [5.41, 5.74) is 18.6. The maximum atomic E-state index is 5.21. The van der Waals surface area contributed by atoms with Crippen molar-refractivity contribution in [1.29, 1.82) is 0 Å². The molecule has 2 aliphatic rings. The van der Waals surface area contributed by atoms with Crippen LogP contribution in [0.5, 0.6) is 0 Å². The van der Waals surface area contributed by atoms with Crippen LogP contribution >= 0.6 is 0 Å². The molecule has 0 saturated carbocycles. The van der Waals surface area contributed by atoms with Crippen LogP contribution < -0.4 is 0 Å². The summed E-state index contributed by atoms with van der Waals surface area (Å²) < 4.78 is 2.33. The lowest BCUT2D eigenvalue weighted by atomic mass is 9.70. The van der Waals surface area contributed by atoms with Gasteiger partial charge >= 0.3 is 0 Å². The zero-order valence-electron chi connectivity index (χ0n) is 33.6. The largest absolute Gasteiger partial charge is 0.309 e. The minimum Gasteiger partial charge on any atom is -0.309 e. The van der Waals surface area contributed by atoms with Gasteiger partial charge in [-0.15, -0.1) is 0 Å². The molecule has 0 saturated heterocycles. The number of fused-ring (bicyclic) bond motifs is 13. The van der Waals surface area contributed by atoms with Crippen molar-refractivity contribution in [2.45, 2.75) is 5.41 Å². The lowest BCUT2D eigenvalue weighted by Crippen LogP contribution is -2.25. The van der Waals surface area contributed by atoms with Gasteiger partial charge in [0.25, 0.3) is 0 Å². The molecule has 0 atom stereocenters. The van der Waals surface area contributed by atoms with Gasteiger partial charge in [-0.3, -0.25) is 0 Å². The quantitative estimate of drug-likeness (QED) is 0.174. The molecule has 1 spiro atoms. The van der Waals surface area contributed by atoms with Gasteiger partial charge in [0.05, 0.1) is 16.4 Å². The van der Waals surface area contributed by atoms with Crippen LogP contribution in [0.25, 0.3) is 95.0 Å². The Morgan fingerprint density at radius 1 is 0.306 bits per heavy atom. The number of benzene rings is 9. The molecule has 2 heterocycles. The second kappa shape index (κ2) is 13.4. The molecule has 4 heteroatoms. The van der Waals surface area contributed by atoms with Crippen molar-refractivity contribution < 1.29 is 0 Å². The maximum absolute atomic E-state index is 5.21. The highest BCUT2D eigenvalue weighted by Gasteiger charge is 2.51. The van der Waals surface area contributed by atoms with E-state index in [1.54, 1.807) is 0 Å². The number of nitrogens with zero attached hydrogens (tertiary/aromatic N) is 4. The van der Waals surface area contributed by atoms with Crippen LogP contribution in [0.15, 0.2) is 218 Å². The molecule has 0 N–H and O–H groups in total. The van der Waals surface area contributed by atoms with Gasteiger partial charge in [0.2, 0.25) is 0 Å². The first-order chi connectivity index (χ1) is 30.8. The Labute approximate surface area is 359 Å². The molecule has 11 aromatic rings. The van der Waals surface area contributed by atoms with Crippen molar-refractivity contribution in [3.63, 3.8) is 0 Å². The summed E-state index contributed by atoms with van der Waals surface area (Å²) in [6.45, 7) is 0. The van der Waals surface area contributed by atoms with Crippen LogP contribution in [0.3, 0.4) is 0 Å². The van der Waals surface area contributed by atoms with E-state index in [9.17, 15) is 0 Å². The topological polar surface area (TPSA) is 43.6 Å². The van der Waals surface area contributed by atoms with Crippen molar-refractivity contribution in [2.24, 2.45) is 0 Å².